The van der Waals surface area contributed by atoms with Crippen LogP contribution >= 0.6 is 11.6 Å². The highest BCUT2D eigenvalue weighted by atomic mass is 35.5. The van der Waals surface area contributed by atoms with Gasteiger partial charge in [0.05, 0.1) is 6.20 Å². The van der Waals surface area contributed by atoms with Crippen LogP contribution in [0.1, 0.15) is 21.5 Å². The summed E-state index contributed by atoms with van der Waals surface area (Å²) in [5.74, 6) is 0.0797. The molecule has 0 spiro atoms. The predicted octanol–water partition coefficient (Wildman–Crippen LogP) is 2.51. The fraction of sp³-hybridized carbons (Fsp3) is 0.154. The van der Waals surface area contributed by atoms with E-state index in [1.165, 1.54) is 10.9 Å². The van der Waals surface area contributed by atoms with Gasteiger partial charge >= 0.3 is 0 Å². The van der Waals surface area contributed by atoms with Crippen LogP contribution in [0, 0.1) is 18.3 Å². The van der Waals surface area contributed by atoms with Crippen molar-refractivity contribution in [3.05, 3.63) is 46.1 Å². The van der Waals surface area contributed by atoms with Crippen LogP contribution in [-0.2, 0) is 7.05 Å². The van der Waals surface area contributed by atoms with Crippen molar-refractivity contribution in [3.63, 3.8) is 0 Å². The Hall–Kier alpha value is -2.32. The van der Waals surface area contributed by atoms with Crippen LogP contribution in [0.25, 0.3) is 0 Å². The highest BCUT2D eigenvalue weighted by Gasteiger charge is 2.14. The van der Waals surface area contributed by atoms with Crippen LogP contribution < -0.4 is 5.32 Å². The van der Waals surface area contributed by atoms with Crippen LogP contribution in [0.4, 0.5) is 5.82 Å². The van der Waals surface area contributed by atoms with E-state index in [1.54, 1.807) is 32.2 Å². The van der Waals surface area contributed by atoms with Gasteiger partial charge in [0, 0.05) is 17.6 Å². The molecule has 6 heteroatoms. The van der Waals surface area contributed by atoms with E-state index in [9.17, 15) is 4.79 Å². The number of nitriles is 1. The summed E-state index contributed by atoms with van der Waals surface area (Å²) in [5, 5.41) is 16.1. The van der Waals surface area contributed by atoms with Crippen LogP contribution in [0.3, 0.4) is 0 Å². The quantitative estimate of drug-likeness (QED) is 0.915. The number of halogens is 1. The summed E-state index contributed by atoms with van der Waals surface area (Å²) in [6.07, 6.45) is 1.41. The summed E-state index contributed by atoms with van der Waals surface area (Å²) < 4.78 is 1.45. The van der Waals surface area contributed by atoms with Gasteiger partial charge in [-0.05, 0) is 30.7 Å². The van der Waals surface area contributed by atoms with E-state index in [0.29, 0.717) is 22.0 Å². The molecule has 2 rings (SSSR count). The first-order valence-electron chi connectivity index (χ1n) is 5.52. The SMILES string of the molecule is Cc1cc(Cl)ccc1C(=O)Nc1c(C#N)cnn1C. The summed E-state index contributed by atoms with van der Waals surface area (Å²) in [7, 11) is 1.66. The molecule has 0 aliphatic carbocycles. The number of rotatable bonds is 2. The van der Waals surface area contributed by atoms with Gasteiger partial charge in [0.2, 0.25) is 0 Å². The maximum Gasteiger partial charge on any atom is 0.257 e. The molecular formula is C13H11ClN4O. The second-order valence-electron chi connectivity index (χ2n) is 4.06. The number of carbonyl (C=O) groups is 1. The van der Waals surface area contributed by atoms with Crippen molar-refractivity contribution in [2.75, 3.05) is 5.32 Å². The molecule has 0 aliphatic heterocycles. The molecule has 1 aromatic carbocycles. The zero-order chi connectivity index (χ0) is 14.0. The number of aromatic nitrogens is 2. The largest absolute Gasteiger partial charge is 0.306 e. The van der Waals surface area contributed by atoms with Crippen molar-refractivity contribution < 1.29 is 4.79 Å². The first-order chi connectivity index (χ1) is 9.02. The van der Waals surface area contributed by atoms with E-state index in [4.69, 9.17) is 16.9 Å². The highest BCUT2D eigenvalue weighted by Crippen LogP contribution is 2.18. The standard InChI is InChI=1S/C13H11ClN4O/c1-8-5-10(14)3-4-11(8)13(19)17-12-9(6-15)7-16-18(12)2/h3-5,7H,1-2H3,(H,17,19). The Morgan fingerprint density at radius 2 is 2.26 bits per heavy atom. The number of amides is 1. The zero-order valence-corrected chi connectivity index (χ0v) is 11.2. The average molecular weight is 275 g/mol. The molecule has 5 nitrogen and oxygen atoms in total. The molecule has 1 amide bonds. The van der Waals surface area contributed by atoms with E-state index >= 15 is 0 Å². The molecule has 0 atom stereocenters. The first kappa shape index (κ1) is 13.1. The lowest BCUT2D eigenvalue weighted by Gasteiger charge is -2.08. The Kier molecular flexibility index (Phi) is 3.54. The normalized spacial score (nSPS) is 10.0. The van der Waals surface area contributed by atoms with Crippen molar-refractivity contribution in [1.29, 1.82) is 5.26 Å². The van der Waals surface area contributed by atoms with E-state index < -0.39 is 0 Å². The molecular weight excluding hydrogens is 264 g/mol. The molecule has 1 aromatic heterocycles. The zero-order valence-electron chi connectivity index (χ0n) is 10.4. The van der Waals surface area contributed by atoms with Crippen molar-refractivity contribution in [1.82, 2.24) is 9.78 Å². The lowest BCUT2D eigenvalue weighted by molar-refractivity contribution is 0.102. The molecule has 96 valence electrons. The van der Waals surface area contributed by atoms with Gasteiger partial charge < -0.3 is 5.32 Å². The molecule has 0 unspecified atom stereocenters. The third-order valence-electron chi connectivity index (χ3n) is 2.72. The molecule has 0 radical (unpaired) electrons. The Balaban J connectivity index is 2.31. The van der Waals surface area contributed by atoms with Crippen LogP contribution in [0.15, 0.2) is 24.4 Å². The topological polar surface area (TPSA) is 70.7 Å². The Labute approximate surface area is 115 Å². The molecule has 2 aromatic rings. The summed E-state index contributed by atoms with van der Waals surface area (Å²) in [5.41, 5.74) is 1.60. The fourth-order valence-corrected chi connectivity index (χ4v) is 1.95. The lowest BCUT2D eigenvalue weighted by Crippen LogP contribution is -2.16. The van der Waals surface area contributed by atoms with Gasteiger partial charge in [0.15, 0.2) is 0 Å². The fourth-order valence-electron chi connectivity index (χ4n) is 1.72. The van der Waals surface area contributed by atoms with Gasteiger partial charge in [-0.2, -0.15) is 10.4 Å². The number of hydrogen-bond acceptors (Lipinski definition) is 3. The third-order valence-corrected chi connectivity index (χ3v) is 2.96. The van der Waals surface area contributed by atoms with Crippen LogP contribution in [0.2, 0.25) is 5.02 Å². The minimum atomic E-state index is -0.297. The number of hydrogen-bond donors (Lipinski definition) is 1. The third kappa shape index (κ3) is 2.59. The summed E-state index contributed by atoms with van der Waals surface area (Å²) >= 11 is 5.85. The second-order valence-corrected chi connectivity index (χ2v) is 4.49. The smallest absolute Gasteiger partial charge is 0.257 e. The van der Waals surface area contributed by atoms with Crippen LogP contribution in [0.5, 0.6) is 0 Å². The molecule has 0 aliphatic rings. The van der Waals surface area contributed by atoms with Gasteiger partial charge in [-0.3, -0.25) is 9.48 Å². The van der Waals surface area contributed by atoms with E-state index in [-0.39, 0.29) is 5.91 Å². The van der Waals surface area contributed by atoms with Gasteiger partial charge in [-0.1, -0.05) is 11.6 Å². The molecule has 1 heterocycles. The van der Waals surface area contributed by atoms with Gasteiger partial charge in [-0.25, -0.2) is 0 Å². The Bertz CT molecular complexity index is 684. The number of anilines is 1. The molecule has 0 fully saturated rings. The summed E-state index contributed by atoms with van der Waals surface area (Å²) in [4.78, 5) is 12.2. The Morgan fingerprint density at radius 1 is 1.53 bits per heavy atom. The molecule has 1 N–H and O–H groups in total. The molecule has 0 saturated carbocycles. The maximum absolute atomic E-state index is 12.2. The number of nitrogens with one attached hydrogen (secondary N) is 1. The molecule has 0 bridgehead atoms. The number of nitrogens with zero attached hydrogens (tertiary/aromatic N) is 3. The second kappa shape index (κ2) is 5.12. The van der Waals surface area contributed by atoms with Crippen molar-refractivity contribution in [2.24, 2.45) is 7.05 Å². The number of carbonyl (C=O) groups excluding carboxylic acids is 1. The Morgan fingerprint density at radius 3 is 2.89 bits per heavy atom. The minimum Gasteiger partial charge on any atom is -0.306 e. The summed E-state index contributed by atoms with van der Waals surface area (Å²) in [6.45, 7) is 1.80. The summed E-state index contributed by atoms with van der Waals surface area (Å²) in [6, 6.07) is 6.99. The van der Waals surface area contributed by atoms with Gasteiger partial charge in [0.25, 0.3) is 5.91 Å². The van der Waals surface area contributed by atoms with Crippen molar-refractivity contribution in [2.45, 2.75) is 6.92 Å². The van der Waals surface area contributed by atoms with Crippen molar-refractivity contribution in [3.8, 4) is 6.07 Å². The van der Waals surface area contributed by atoms with Gasteiger partial charge in [0.1, 0.15) is 17.5 Å². The van der Waals surface area contributed by atoms with Crippen LogP contribution in [-0.4, -0.2) is 15.7 Å². The lowest BCUT2D eigenvalue weighted by atomic mass is 10.1. The molecule has 19 heavy (non-hydrogen) atoms. The number of aryl methyl sites for hydroxylation is 2. The highest BCUT2D eigenvalue weighted by molar-refractivity contribution is 6.30. The van der Waals surface area contributed by atoms with Crippen molar-refractivity contribution >= 4 is 23.3 Å². The van der Waals surface area contributed by atoms with Gasteiger partial charge in [-0.15, -0.1) is 0 Å². The monoisotopic (exact) mass is 274 g/mol. The van der Waals surface area contributed by atoms with E-state index in [1.807, 2.05) is 6.07 Å². The van der Waals surface area contributed by atoms with E-state index in [2.05, 4.69) is 10.4 Å². The minimum absolute atomic E-state index is 0.297. The number of benzene rings is 1. The predicted molar refractivity (Wildman–Crippen MR) is 72.1 cm³/mol. The average Bonchev–Trinajstić information content (AvgIpc) is 2.70. The first-order valence-corrected chi connectivity index (χ1v) is 5.90. The van der Waals surface area contributed by atoms with E-state index in [0.717, 1.165) is 5.56 Å². The molecule has 0 saturated heterocycles. The maximum atomic E-state index is 12.2.